The number of carbonyl (C=O) groups excluding carboxylic acids is 2. The van der Waals surface area contributed by atoms with Crippen molar-refractivity contribution in [2.24, 2.45) is 0 Å². The molecule has 0 bridgehead atoms. The summed E-state index contributed by atoms with van der Waals surface area (Å²) in [4.78, 5) is 27.8. The van der Waals surface area contributed by atoms with Crippen LogP contribution in [0.2, 0.25) is 5.02 Å². The van der Waals surface area contributed by atoms with Crippen LogP contribution in [0.3, 0.4) is 0 Å². The highest BCUT2D eigenvalue weighted by Gasteiger charge is 2.30. The number of nitrogens with one attached hydrogen (secondary N) is 1. The van der Waals surface area contributed by atoms with Crippen LogP contribution in [0.15, 0.2) is 42.5 Å². The zero-order valence-corrected chi connectivity index (χ0v) is 20.0. The first-order chi connectivity index (χ1) is 14.5. The van der Waals surface area contributed by atoms with Gasteiger partial charge in [-0.25, -0.2) is 0 Å². The topological polar surface area (TPSA) is 58.6 Å². The van der Waals surface area contributed by atoms with Gasteiger partial charge in [-0.2, -0.15) is 0 Å². The molecule has 31 heavy (non-hydrogen) atoms. The third-order valence-electron chi connectivity index (χ3n) is 4.85. The summed E-state index contributed by atoms with van der Waals surface area (Å²) < 4.78 is 5.80. The van der Waals surface area contributed by atoms with Crippen LogP contribution < -0.4 is 10.1 Å². The molecule has 0 aliphatic heterocycles. The minimum absolute atomic E-state index is 0.160. The number of amides is 2. The first kappa shape index (κ1) is 24.7. The van der Waals surface area contributed by atoms with Gasteiger partial charge in [0.1, 0.15) is 11.8 Å². The van der Waals surface area contributed by atoms with Crippen molar-refractivity contribution < 1.29 is 14.3 Å². The van der Waals surface area contributed by atoms with Crippen LogP contribution in [0.5, 0.6) is 5.75 Å². The van der Waals surface area contributed by atoms with Crippen molar-refractivity contribution in [3.8, 4) is 5.75 Å². The van der Waals surface area contributed by atoms with Crippen molar-refractivity contribution in [2.75, 3.05) is 6.61 Å². The second-order valence-electron chi connectivity index (χ2n) is 8.83. The van der Waals surface area contributed by atoms with Crippen molar-refractivity contribution in [3.63, 3.8) is 0 Å². The van der Waals surface area contributed by atoms with Gasteiger partial charge in [0.15, 0.2) is 6.61 Å². The van der Waals surface area contributed by atoms with E-state index in [4.69, 9.17) is 16.3 Å². The highest BCUT2D eigenvalue weighted by Crippen LogP contribution is 2.26. The minimum atomic E-state index is -0.593. The Labute approximate surface area is 190 Å². The number of benzene rings is 2. The highest BCUT2D eigenvalue weighted by molar-refractivity contribution is 6.32. The molecule has 0 aromatic heterocycles. The van der Waals surface area contributed by atoms with Crippen molar-refractivity contribution >= 4 is 23.4 Å². The zero-order valence-electron chi connectivity index (χ0n) is 19.3. The number of hydrogen-bond acceptors (Lipinski definition) is 3. The molecule has 1 N–H and O–H groups in total. The summed E-state index contributed by atoms with van der Waals surface area (Å²) in [7, 11) is 0. The quantitative estimate of drug-likeness (QED) is 0.619. The molecular formula is C25H33ClN2O3. The summed E-state index contributed by atoms with van der Waals surface area (Å²) in [6.07, 6.45) is 0.500. The second-order valence-corrected chi connectivity index (χ2v) is 9.21. The molecule has 2 rings (SSSR count). The average Bonchev–Trinajstić information content (AvgIpc) is 2.69. The van der Waals surface area contributed by atoms with Crippen LogP contribution in [0, 0.1) is 13.8 Å². The largest absolute Gasteiger partial charge is 0.484 e. The van der Waals surface area contributed by atoms with Gasteiger partial charge < -0.3 is 15.0 Å². The Morgan fingerprint density at radius 2 is 1.68 bits per heavy atom. The van der Waals surface area contributed by atoms with Gasteiger partial charge in [-0.3, -0.25) is 9.59 Å². The fourth-order valence-corrected chi connectivity index (χ4v) is 3.48. The van der Waals surface area contributed by atoms with Crippen LogP contribution in [0.4, 0.5) is 0 Å². The Hall–Kier alpha value is -2.53. The molecule has 0 heterocycles. The third-order valence-corrected chi connectivity index (χ3v) is 5.45. The van der Waals surface area contributed by atoms with Gasteiger partial charge in [0.05, 0.1) is 0 Å². The fourth-order valence-electron chi connectivity index (χ4n) is 3.37. The SMILES string of the molecule is CCC(C(=O)NC(C)(C)C)N(Cc1ccccc1)C(=O)COc1cc(C)c(Cl)c(C)c1. The lowest BCUT2D eigenvalue weighted by atomic mass is 10.1. The zero-order chi connectivity index (χ0) is 23.2. The monoisotopic (exact) mass is 444 g/mol. The van der Waals surface area contributed by atoms with E-state index in [-0.39, 0.29) is 24.0 Å². The number of aryl methyl sites for hydroxylation is 2. The van der Waals surface area contributed by atoms with Gasteiger partial charge >= 0.3 is 0 Å². The first-order valence-corrected chi connectivity index (χ1v) is 10.9. The van der Waals surface area contributed by atoms with Crippen molar-refractivity contribution in [2.45, 2.75) is 66.1 Å². The Morgan fingerprint density at radius 3 is 2.19 bits per heavy atom. The van der Waals surface area contributed by atoms with Crippen LogP contribution in [0.1, 0.15) is 50.8 Å². The van der Waals surface area contributed by atoms with E-state index in [0.29, 0.717) is 23.7 Å². The summed E-state index contributed by atoms with van der Waals surface area (Å²) >= 11 is 6.23. The van der Waals surface area contributed by atoms with Crippen molar-refractivity contribution in [1.82, 2.24) is 10.2 Å². The van der Waals surface area contributed by atoms with Gasteiger partial charge in [0.25, 0.3) is 5.91 Å². The lowest BCUT2D eigenvalue weighted by Gasteiger charge is -2.33. The summed E-state index contributed by atoms with van der Waals surface area (Å²) in [6.45, 7) is 11.7. The fraction of sp³-hybridized carbons (Fsp3) is 0.440. The van der Waals surface area contributed by atoms with Crippen LogP contribution in [-0.4, -0.2) is 34.9 Å². The molecule has 2 aromatic carbocycles. The molecule has 1 atom stereocenters. The molecule has 0 aliphatic rings. The molecule has 2 aromatic rings. The molecule has 2 amide bonds. The predicted molar refractivity (Wildman–Crippen MR) is 125 cm³/mol. The molecule has 0 saturated carbocycles. The first-order valence-electron chi connectivity index (χ1n) is 10.6. The van der Waals surface area contributed by atoms with E-state index in [1.165, 1.54) is 0 Å². The van der Waals surface area contributed by atoms with Gasteiger partial charge in [-0.15, -0.1) is 0 Å². The number of rotatable bonds is 8. The normalized spacial score (nSPS) is 12.2. The van der Waals surface area contributed by atoms with Gasteiger partial charge in [0, 0.05) is 17.1 Å². The van der Waals surface area contributed by atoms with E-state index in [9.17, 15) is 9.59 Å². The van der Waals surface area contributed by atoms with E-state index in [2.05, 4.69) is 5.32 Å². The molecule has 0 aliphatic carbocycles. The van der Waals surface area contributed by atoms with E-state index in [1.54, 1.807) is 4.90 Å². The summed E-state index contributed by atoms with van der Waals surface area (Å²) in [5.74, 6) is 0.169. The van der Waals surface area contributed by atoms with Gasteiger partial charge in [0.2, 0.25) is 5.91 Å². The number of nitrogens with zero attached hydrogens (tertiary/aromatic N) is 1. The van der Waals surface area contributed by atoms with E-state index < -0.39 is 6.04 Å². The highest BCUT2D eigenvalue weighted by atomic mass is 35.5. The molecule has 0 fully saturated rings. The molecule has 0 spiro atoms. The van der Waals surface area contributed by atoms with E-state index in [1.807, 2.05) is 84.0 Å². The molecular weight excluding hydrogens is 412 g/mol. The lowest BCUT2D eigenvalue weighted by Crippen LogP contribution is -2.54. The Balaban J connectivity index is 2.24. The molecule has 5 nitrogen and oxygen atoms in total. The van der Waals surface area contributed by atoms with Crippen molar-refractivity contribution in [1.29, 1.82) is 0 Å². The Kier molecular flexibility index (Phi) is 8.52. The standard InChI is InChI=1S/C25H33ClN2O3/c1-7-21(24(30)27-25(4,5)6)28(15-19-11-9-8-10-12-19)22(29)16-31-20-13-17(2)23(26)18(3)14-20/h8-14,21H,7,15-16H2,1-6H3,(H,27,30). The maximum Gasteiger partial charge on any atom is 0.261 e. The maximum absolute atomic E-state index is 13.2. The van der Waals surface area contributed by atoms with Crippen LogP contribution in [0.25, 0.3) is 0 Å². The average molecular weight is 445 g/mol. The third kappa shape index (κ3) is 7.28. The van der Waals surface area contributed by atoms with Crippen LogP contribution in [-0.2, 0) is 16.1 Å². The second kappa shape index (κ2) is 10.7. The number of hydrogen-bond donors (Lipinski definition) is 1. The molecule has 1 unspecified atom stereocenters. The molecule has 0 saturated heterocycles. The molecule has 6 heteroatoms. The predicted octanol–water partition coefficient (Wildman–Crippen LogP) is 5.06. The number of ether oxygens (including phenoxy) is 1. The van der Waals surface area contributed by atoms with E-state index >= 15 is 0 Å². The summed E-state index contributed by atoms with van der Waals surface area (Å²) in [5, 5.41) is 3.69. The molecule has 168 valence electrons. The van der Waals surface area contributed by atoms with Crippen molar-refractivity contribution in [3.05, 3.63) is 64.2 Å². The van der Waals surface area contributed by atoms with Crippen LogP contribution >= 0.6 is 11.6 Å². The van der Waals surface area contributed by atoms with Gasteiger partial charge in [-0.1, -0.05) is 48.9 Å². The maximum atomic E-state index is 13.2. The Morgan fingerprint density at radius 1 is 1.10 bits per heavy atom. The van der Waals surface area contributed by atoms with Gasteiger partial charge in [-0.05, 0) is 69.9 Å². The minimum Gasteiger partial charge on any atom is -0.484 e. The summed E-state index contributed by atoms with van der Waals surface area (Å²) in [5.41, 5.74) is 2.35. The van der Waals surface area contributed by atoms with E-state index in [0.717, 1.165) is 16.7 Å². The number of carbonyl (C=O) groups is 2. The number of halogens is 1. The smallest absolute Gasteiger partial charge is 0.261 e. The Bertz CT molecular complexity index is 884. The summed E-state index contributed by atoms with van der Waals surface area (Å²) in [6, 6.07) is 12.7. The molecule has 0 radical (unpaired) electrons. The lowest BCUT2D eigenvalue weighted by molar-refractivity contribution is -0.143.